The number of ether oxygens (including phenoxy) is 2. The van der Waals surface area contributed by atoms with Crippen LogP contribution < -0.4 is 0 Å². The van der Waals surface area contributed by atoms with E-state index in [0.29, 0.717) is 16.6 Å². The van der Waals surface area contributed by atoms with Gasteiger partial charge in [0.25, 0.3) is 0 Å². The number of hydrogen-bond acceptors (Lipinski definition) is 7. The quantitative estimate of drug-likeness (QED) is 0.678. The maximum atomic E-state index is 10.7. The molecule has 0 amide bonds. The molecule has 0 aliphatic carbocycles. The van der Waals surface area contributed by atoms with Crippen LogP contribution in [0.3, 0.4) is 0 Å². The number of aryl methyl sites for hydroxylation is 1. The Morgan fingerprint density at radius 1 is 1.30 bits per heavy atom. The van der Waals surface area contributed by atoms with Crippen LogP contribution in [-0.2, 0) is 15.9 Å². The Morgan fingerprint density at radius 3 is 3.00 bits per heavy atom. The van der Waals surface area contributed by atoms with E-state index in [1.165, 1.54) is 17.7 Å². The molecule has 2 aliphatic heterocycles. The maximum Gasteiger partial charge on any atom is 0.164 e. The number of aromatic nitrogens is 3. The smallest absolute Gasteiger partial charge is 0.164 e. The van der Waals surface area contributed by atoms with Gasteiger partial charge < -0.3 is 24.3 Å². The van der Waals surface area contributed by atoms with Crippen LogP contribution in [0.1, 0.15) is 28.5 Å². The van der Waals surface area contributed by atoms with Crippen LogP contribution in [0.4, 0.5) is 0 Å². The van der Waals surface area contributed by atoms with E-state index < -0.39 is 30.6 Å². The van der Waals surface area contributed by atoms with Crippen molar-refractivity contribution < 1.29 is 19.7 Å². The summed E-state index contributed by atoms with van der Waals surface area (Å²) in [5.41, 5.74) is 2.62. The van der Waals surface area contributed by atoms with Gasteiger partial charge in [-0.05, 0) is 31.0 Å². The Bertz CT molecular complexity index is 1010. The SMILES string of the molecule is Cc1ncnc2c1ccn2[C@@H]1OC([C@@H]2OCCc3cc(Cl)sc32)[C@@H](O)[C@H]1O. The summed E-state index contributed by atoms with van der Waals surface area (Å²) in [5.74, 6) is 0. The van der Waals surface area contributed by atoms with Gasteiger partial charge in [0.15, 0.2) is 6.23 Å². The molecule has 3 aromatic rings. The molecule has 1 fully saturated rings. The molecule has 7 nitrogen and oxygen atoms in total. The van der Waals surface area contributed by atoms with Crippen LogP contribution >= 0.6 is 22.9 Å². The largest absolute Gasteiger partial charge is 0.387 e. The van der Waals surface area contributed by atoms with Gasteiger partial charge in [0.1, 0.15) is 36.4 Å². The lowest BCUT2D eigenvalue weighted by atomic mass is 9.99. The number of aliphatic hydroxyl groups excluding tert-OH is 2. The van der Waals surface area contributed by atoms with E-state index in [9.17, 15) is 10.2 Å². The Labute approximate surface area is 164 Å². The van der Waals surface area contributed by atoms with Gasteiger partial charge in [0.05, 0.1) is 16.6 Å². The molecule has 2 aliphatic rings. The van der Waals surface area contributed by atoms with Gasteiger partial charge >= 0.3 is 0 Å². The van der Waals surface area contributed by atoms with Crippen molar-refractivity contribution in [2.24, 2.45) is 0 Å². The molecule has 0 saturated carbocycles. The standard InChI is InChI=1S/C18H18ClN3O4S/c1-8-10-2-4-22(17(10)21-7-20-8)18-13(24)12(23)14(26-18)15-16-9(3-5-25-15)6-11(19)27-16/h2,4,6-7,12-15,18,23-24H,3,5H2,1H3/t12-,13+,14?,15-,18+/m0/s1. The maximum absolute atomic E-state index is 10.7. The van der Waals surface area contributed by atoms with Crippen LogP contribution in [0.5, 0.6) is 0 Å². The van der Waals surface area contributed by atoms with Gasteiger partial charge in [-0.3, -0.25) is 0 Å². The molecule has 5 atom stereocenters. The molecular weight excluding hydrogens is 390 g/mol. The zero-order chi connectivity index (χ0) is 18.7. The minimum atomic E-state index is -1.11. The monoisotopic (exact) mass is 407 g/mol. The number of rotatable bonds is 2. The number of halogens is 1. The van der Waals surface area contributed by atoms with E-state index in [1.807, 2.05) is 19.1 Å². The Morgan fingerprint density at radius 2 is 2.15 bits per heavy atom. The zero-order valence-electron chi connectivity index (χ0n) is 14.4. The third kappa shape index (κ3) is 2.71. The highest BCUT2D eigenvalue weighted by atomic mass is 35.5. The van der Waals surface area contributed by atoms with Crippen LogP contribution in [0.25, 0.3) is 11.0 Å². The summed E-state index contributed by atoms with van der Waals surface area (Å²) in [4.78, 5) is 9.46. The average molecular weight is 408 g/mol. The molecule has 0 bridgehead atoms. The molecule has 3 aromatic heterocycles. The van der Waals surface area contributed by atoms with Crippen LogP contribution in [0.2, 0.25) is 4.34 Å². The van der Waals surface area contributed by atoms with E-state index in [1.54, 1.807) is 10.8 Å². The first-order valence-corrected chi connectivity index (χ1v) is 9.93. The first-order valence-electron chi connectivity index (χ1n) is 8.74. The summed E-state index contributed by atoms with van der Waals surface area (Å²) in [6, 6.07) is 3.82. The van der Waals surface area contributed by atoms with Crippen LogP contribution in [0, 0.1) is 6.92 Å². The fourth-order valence-corrected chi connectivity index (χ4v) is 5.33. The third-order valence-electron chi connectivity index (χ3n) is 5.30. The summed E-state index contributed by atoms with van der Waals surface area (Å²) in [5, 5.41) is 22.3. The summed E-state index contributed by atoms with van der Waals surface area (Å²) in [6.07, 6.45) is -0.0580. The van der Waals surface area contributed by atoms with E-state index >= 15 is 0 Å². The molecule has 0 spiro atoms. The summed E-state index contributed by atoms with van der Waals surface area (Å²) in [7, 11) is 0. The van der Waals surface area contributed by atoms with Gasteiger partial charge in [-0.25, -0.2) is 9.97 Å². The Hall–Kier alpha value is -1.55. The number of thiophene rings is 1. The fraction of sp³-hybridized carbons (Fsp3) is 0.444. The number of hydrogen-bond donors (Lipinski definition) is 2. The minimum Gasteiger partial charge on any atom is -0.387 e. The fourth-order valence-electron chi connectivity index (χ4n) is 3.93. The average Bonchev–Trinajstić information content (AvgIpc) is 3.32. The normalized spacial score (nSPS) is 30.7. The molecule has 0 radical (unpaired) electrons. The highest BCUT2D eigenvalue weighted by Gasteiger charge is 2.49. The van der Waals surface area contributed by atoms with Gasteiger partial charge in [0.2, 0.25) is 0 Å². The lowest BCUT2D eigenvalue weighted by molar-refractivity contribution is -0.112. The van der Waals surface area contributed by atoms with Crippen molar-refractivity contribution in [2.45, 2.75) is 44.0 Å². The highest BCUT2D eigenvalue weighted by molar-refractivity contribution is 7.16. The molecule has 27 heavy (non-hydrogen) atoms. The second-order valence-electron chi connectivity index (χ2n) is 6.87. The van der Waals surface area contributed by atoms with Gasteiger partial charge in [-0.1, -0.05) is 11.6 Å². The van der Waals surface area contributed by atoms with Crippen molar-refractivity contribution in [3.05, 3.63) is 45.1 Å². The third-order valence-corrected chi connectivity index (χ3v) is 6.66. The van der Waals surface area contributed by atoms with Gasteiger partial charge in [-0.2, -0.15) is 0 Å². The molecule has 9 heteroatoms. The summed E-state index contributed by atoms with van der Waals surface area (Å²) in [6.45, 7) is 2.42. The first kappa shape index (κ1) is 17.5. The van der Waals surface area contributed by atoms with Crippen molar-refractivity contribution >= 4 is 34.0 Å². The summed E-state index contributed by atoms with van der Waals surface area (Å²) >= 11 is 7.60. The molecular formula is C18H18ClN3O4S. The van der Waals surface area contributed by atoms with Crippen molar-refractivity contribution in [3.8, 4) is 0 Å². The van der Waals surface area contributed by atoms with Crippen LogP contribution in [0.15, 0.2) is 24.7 Å². The lowest BCUT2D eigenvalue weighted by Crippen LogP contribution is -2.37. The Kier molecular flexibility index (Phi) is 4.23. The molecule has 1 unspecified atom stereocenters. The highest BCUT2D eigenvalue weighted by Crippen LogP contribution is 2.44. The minimum absolute atomic E-state index is 0.459. The van der Waals surface area contributed by atoms with E-state index in [2.05, 4.69) is 9.97 Å². The number of aliphatic hydroxyl groups is 2. The molecule has 5 heterocycles. The number of nitrogens with zero attached hydrogens (tertiary/aromatic N) is 3. The molecule has 2 N–H and O–H groups in total. The number of fused-ring (bicyclic) bond motifs is 2. The van der Waals surface area contributed by atoms with Gasteiger partial charge in [0, 0.05) is 16.5 Å². The van der Waals surface area contributed by atoms with Crippen molar-refractivity contribution in [2.75, 3.05) is 6.61 Å². The predicted octanol–water partition coefficient (Wildman–Crippen LogP) is 2.39. The first-order chi connectivity index (χ1) is 13.0. The Balaban J connectivity index is 1.50. The van der Waals surface area contributed by atoms with E-state index in [-0.39, 0.29) is 0 Å². The zero-order valence-corrected chi connectivity index (χ0v) is 16.0. The van der Waals surface area contributed by atoms with E-state index in [4.69, 9.17) is 21.1 Å². The predicted molar refractivity (Wildman–Crippen MR) is 99.9 cm³/mol. The molecule has 5 rings (SSSR count). The molecule has 0 aromatic carbocycles. The van der Waals surface area contributed by atoms with Crippen molar-refractivity contribution in [1.29, 1.82) is 0 Å². The second-order valence-corrected chi connectivity index (χ2v) is 8.59. The topological polar surface area (TPSA) is 89.6 Å². The van der Waals surface area contributed by atoms with Crippen LogP contribution in [-0.4, -0.2) is 49.7 Å². The summed E-state index contributed by atoms with van der Waals surface area (Å²) < 4.78 is 14.5. The van der Waals surface area contributed by atoms with E-state index in [0.717, 1.165) is 27.9 Å². The van der Waals surface area contributed by atoms with Gasteiger partial charge in [-0.15, -0.1) is 11.3 Å². The lowest BCUT2D eigenvalue weighted by Gasteiger charge is -2.29. The van der Waals surface area contributed by atoms with Crippen molar-refractivity contribution in [1.82, 2.24) is 14.5 Å². The molecule has 142 valence electrons. The van der Waals surface area contributed by atoms with Crippen molar-refractivity contribution in [3.63, 3.8) is 0 Å². The second kappa shape index (κ2) is 6.51. The molecule has 1 saturated heterocycles.